The minimum absolute atomic E-state index is 0.0587. The molecule has 0 saturated carbocycles. The maximum absolute atomic E-state index is 12.0. The van der Waals surface area contributed by atoms with Crippen molar-refractivity contribution < 1.29 is 14.3 Å². The number of ketones is 1. The Morgan fingerprint density at radius 3 is 2.19 bits per heavy atom. The van der Waals surface area contributed by atoms with Crippen molar-refractivity contribution in [2.75, 3.05) is 0 Å². The number of rotatable bonds is 5. The van der Waals surface area contributed by atoms with E-state index >= 15 is 0 Å². The van der Waals surface area contributed by atoms with Crippen LogP contribution in [0.1, 0.15) is 52.6 Å². The second kappa shape index (κ2) is 7.25. The molecule has 0 radical (unpaired) electrons. The first kappa shape index (κ1) is 17.2. The predicted octanol–water partition coefficient (Wildman–Crippen LogP) is 3.87. The highest BCUT2D eigenvalue weighted by molar-refractivity contribution is 5.81. The molecule has 0 bridgehead atoms. The van der Waals surface area contributed by atoms with Crippen LogP contribution in [0.5, 0.6) is 0 Å². The number of alkyl carbamates (subject to hydrolysis) is 1. The van der Waals surface area contributed by atoms with Crippen molar-refractivity contribution >= 4 is 11.9 Å². The van der Waals surface area contributed by atoms with Gasteiger partial charge in [-0.2, -0.15) is 0 Å². The van der Waals surface area contributed by atoms with Gasteiger partial charge in [-0.1, -0.05) is 44.2 Å². The molecule has 0 heterocycles. The first-order valence-electron chi connectivity index (χ1n) is 7.26. The lowest BCUT2D eigenvalue weighted by Crippen LogP contribution is -2.36. The second-order valence-electron chi connectivity index (χ2n) is 6.43. The molecular weight excluding hydrogens is 266 g/mol. The maximum atomic E-state index is 12.0. The van der Waals surface area contributed by atoms with Crippen LogP contribution in [0.2, 0.25) is 0 Å². The molecule has 4 nitrogen and oxygen atoms in total. The zero-order valence-electron chi connectivity index (χ0n) is 13.5. The van der Waals surface area contributed by atoms with Gasteiger partial charge in [-0.05, 0) is 26.3 Å². The zero-order chi connectivity index (χ0) is 16.0. The third-order valence-electron chi connectivity index (χ3n) is 2.94. The van der Waals surface area contributed by atoms with Crippen LogP contribution in [0.3, 0.4) is 0 Å². The van der Waals surface area contributed by atoms with E-state index in [1.807, 2.05) is 65.0 Å². The van der Waals surface area contributed by atoms with Crippen LogP contribution in [0.15, 0.2) is 30.3 Å². The summed E-state index contributed by atoms with van der Waals surface area (Å²) in [5.74, 6) is 0.0524. The van der Waals surface area contributed by atoms with Crippen molar-refractivity contribution in [3.63, 3.8) is 0 Å². The minimum Gasteiger partial charge on any atom is -0.444 e. The van der Waals surface area contributed by atoms with Crippen LogP contribution in [0.25, 0.3) is 0 Å². The van der Waals surface area contributed by atoms with Gasteiger partial charge in [0, 0.05) is 12.3 Å². The molecular formula is C17H25NO3. The van der Waals surface area contributed by atoms with Crippen molar-refractivity contribution in [1.29, 1.82) is 0 Å². The molecule has 0 aromatic heterocycles. The number of hydrogen-bond acceptors (Lipinski definition) is 3. The van der Waals surface area contributed by atoms with E-state index in [0.29, 0.717) is 0 Å². The van der Waals surface area contributed by atoms with Gasteiger partial charge in [0.25, 0.3) is 0 Å². The van der Waals surface area contributed by atoms with Gasteiger partial charge < -0.3 is 10.1 Å². The number of Topliss-reactive ketones (excluding diaryl/α,β-unsaturated/α-hetero) is 1. The van der Waals surface area contributed by atoms with Gasteiger partial charge in [-0.3, -0.25) is 4.79 Å². The number of carbonyl (C=O) groups excluding carboxylic acids is 2. The Morgan fingerprint density at radius 1 is 1.14 bits per heavy atom. The molecule has 1 amide bonds. The largest absolute Gasteiger partial charge is 0.444 e. The van der Waals surface area contributed by atoms with Crippen molar-refractivity contribution in [2.45, 2.75) is 52.7 Å². The molecule has 1 aromatic rings. The fourth-order valence-electron chi connectivity index (χ4n) is 1.82. The zero-order valence-corrected chi connectivity index (χ0v) is 13.5. The number of amides is 1. The molecule has 116 valence electrons. The number of benzene rings is 1. The standard InChI is InChI=1S/C17H25NO3/c1-12(2)15(19)11-14(13-9-7-6-8-10-13)18-16(20)21-17(3,4)5/h6-10,12,14H,11H2,1-5H3,(H,18,20)/t14-/m1/s1. The Bertz CT molecular complexity index is 475. The molecule has 1 N–H and O–H groups in total. The van der Waals surface area contributed by atoms with E-state index in [2.05, 4.69) is 5.32 Å². The highest BCUT2D eigenvalue weighted by Gasteiger charge is 2.23. The fraction of sp³-hybridized carbons (Fsp3) is 0.529. The normalized spacial score (nSPS) is 12.9. The molecule has 0 saturated heterocycles. The number of ether oxygens (including phenoxy) is 1. The SMILES string of the molecule is CC(C)C(=O)C[C@@H](NC(=O)OC(C)(C)C)c1ccccc1. The smallest absolute Gasteiger partial charge is 0.408 e. The van der Waals surface area contributed by atoms with Gasteiger partial charge in [0.1, 0.15) is 11.4 Å². The highest BCUT2D eigenvalue weighted by atomic mass is 16.6. The summed E-state index contributed by atoms with van der Waals surface area (Å²) in [5.41, 5.74) is 0.338. The van der Waals surface area contributed by atoms with Gasteiger partial charge in [-0.15, -0.1) is 0 Å². The second-order valence-corrected chi connectivity index (χ2v) is 6.43. The van der Waals surface area contributed by atoms with Gasteiger partial charge >= 0.3 is 6.09 Å². The first-order valence-corrected chi connectivity index (χ1v) is 7.26. The minimum atomic E-state index is -0.562. The summed E-state index contributed by atoms with van der Waals surface area (Å²) in [6, 6.07) is 9.11. The third kappa shape index (κ3) is 6.43. The molecule has 0 unspecified atom stereocenters. The van der Waals surface area contributed by atoms with Crippen LogP contribution in [0.4, 0.5) is 4.79 Å². The van der Waals surface area contributed by atoms with Crippen LogP contribution >= 0.6 is 0 Å². The lowest BCUT2D eigenvalue weighted by molar-refractivity contribution is -0.122. The topological polar surface area (TPSA) is 55.4 Å². The van der Waals surface area contributed by atoms with Crippen LogP contribution < -0.4 is 5.32 Å². The fourth-order valence-corrected chi connectivity index (χ4v) is 1.82. The van der Waals surface area contributed by atoms with E-state index < -0.39 is 11.7 Å². The van der Waals surface area contributed by atoms with Crippen molar-refractivity contribution in [2.24, 2.45) is 5.92 Å². The summed E-state index contributed by atoms with van der Waals surface area (Å²) in [4.78, 5) is 24.0. The van der Waals surface area contributed by atoms with Gasteiger partial charge in [-0.25, -0.2) is 4.79 Å². The number of carbonyl (C=O) groups is 2. The monoisotopic (exact) mass is 291 g/mol. The predicted molar refractivity (Wildman–Crippen MR) is 83.0 cm³/mol. The van der Waals surface area contributed by atoms with E-state index in [1.165, 1.54) is 0 Å². The van der Waals surface area contributed by atoms with Crippen molar-refractivity contribution in [3.05, 3.63) is 35.9 Å². The van der Waals surface area contributed by atoms with E-state index in [4.69, 9.17) is 4.74 Å². The molecule has 21 heavy (non-hydrogen) atoms. The molecule has 1 aromatic carbocycles. The summed E-state index contributed by atoms with van der Waals surface area (Å²) in [5, 5.41) is 2.79. The Hall–Kier alpha value is -1.84. The Kier molecular flexibility index (Phi) is 5.94. The van der Waals surface area contributed by atoms with Gasteiger partial charge in [0.2, 0.25) is 0 Å². The molecule has 0 aliphatic carbocycles. The Morgan fingerprint density at radius 2 is 1.71 bits per heavy atom. The average molecular weight is 291 g/mol. The van der Waals surface area contributed by atoms with E-state index in [0.717, 1.165) is 5.56 Å². The maximum Gasteiger partial charge on any atom is 0.408 e. The van der Waals surface area contributed by atoms with Crippen LogP contribution in [0, 0.1) is 5.92 Å². The molecule has 1 atom stereocenters. The van der Waals surface area contributed by atoms with Crippen LogP contribution in [-0.4, -0.2) is 17.5 Å². The van der Waals surface area contributed by atoms with E-state index in [9.17, 15) is 9.59 Å². The summed E-state index contributed by atoms with van der Waals surface area (Å²) >= 11 is 0. The molecule has 0 aliphatic rings. The Labute approximate surface area is 126 Å². The third-order valence-corrected chi connectivity index (χ3v) is 2.94. The molecule has 0 fully saturated rings. The molecule has 0 aliphatic heterocycles. The number of nitrogens with one attached hydrogen (secondary N) is 1. The highest BCUT2D eigenvalue weighted by Crippen LogP contribution is 2.20. The summed E-state index contributed by atoms with van der Waals surface area (Å²) < 4.78 is 5.27. The average Bonchev–Trinajstić information content (AvgIpc) is 2.36. The number of hydrogen-bond donors (Lipinski definition) is 1. The van der Waals surface area contributed by atoms with E-state index in [-0.39, 0.29) is 24.2 Å². The lowest BCUT2D eigenvalue weighted by atomic mass is 9.96. The van der Waals surface area contributed by atoms with Gasteiger partial charge in [0.15, 0.2) is 0 Å². The molecule has 0 spiro atoms. The summed E-state index contributed by atoms with van der Waals surface area (Å²) in [6.45, 7) is 9.14. The van der Waals surface area contributed by atoms with Crippen LogP contribution in [-0.2, 0) is 9.53 Å². The van der Waals surface area contributed by atoms with Crippen molar-refractivity contribution in [1.82, 2.24) is 5.32 Å². The molecule has 1 rings (SSSR count). The molecule has 4 heteroatoms. The first-order chi connectivity index (χ1) is 9.69. The lowest BCUT2D eigenvalue weighted by Gasteiger charge is -2.24. The summed E-state index contributed by atoms with van der Waals surface area (Å²) in [7, 11) is 0. The van der Waals surface area contributed by atoms with Crippen molar-refractivity contribution in [3.8, 4) is 0 Å². The quantitative estimate of drug-likeness (QED) is 0.896. The summed E-state index contributed by atoms with van der Waals surface area (Å²) in [6.07, 6.45) is -0.242. The Balaban J connectivity index is 2.83. The van der Waals surface area contributed by atoms with Gasteiger partial charge in [0.05, 0.1) is 6.04 Å². The van der Waals surface area contributed by atoms with E-state index in [1.54, 1.807) is 0 Å².